The van der Waals surface area contributed by atoms with Gasteiger partial charge in [-0.1, -0.05) is 24.3 Å². The van der Waals surface area contributed by atoms with Crippen LogP contribution in [0.5, 0.6) is 11.5 Å². The van der Waals surface area contributed by atoms with Crippen LogP contribution in [-0.4, -0.2) is 5.11 Å². The highest BCUT2D eigenvalue weighted by Crippen LogP contribution is 2.33. The molecule has 0 saturated heterocycles. The number of aliphatic hydroxyl groups excluding tert-OH is 1. The van der Waals surface area contributed by atoms with E-state index in [4.69, 9.17) is 4.74 Å². The summed E-state index contributed by atoms with van der Waals surface area (Å²) >= 11 is 0. The predicted octanol–water partition coefficient (Wildman–Crippen LogP) is 3.85. The van der Waals surface area contributed by atoms with Crippen LogP contribution in [0, 0.1) is 0 Å². The lowest BCUT2D eigenvalue weighted by molar-refractivity contribution is 0.156. The van der Waals surface area contributed by atoms with E-state index >= 15 is 0 Å². The van der Waals surface area contributed by atoms with Crippen molar-refractivity contribution in [2.75, 3.05) is 0 Å². The maximum Gasteiger partial charge on any atom is 0.127 e. The molecule has 0 fully saturated rings. The average molecular weight is 240 g/mol. The van der Waals surface area contributed by atoms with Crippen molar-refractivity contribution in [2.24, 2.45) is 0 Å². The number of hydrogen-bond donors (Lipinski definition) is 1. The second kappa shape index (κ2) is 4.83. The quantitative estimate of drug-likeness (QED) is 0.864. The number of rotatable bonds is 2. The fourth-order valence-electron chi connectivity index (χ4n) is 2.44. The Morgan fingerprint density at radius 1 is 1.00 bits per heavy atom. The zero-order valence-electron chi connectivity index (χ0n) is 10.2. The summed E-state index contributed by atoms with van der Waals surface area (Å²) in [5, 5.41) is 10.00. The Kier molecular flexibility index (Phi) is 3.03. The van der Waals surface area contributed by atoms with Crippen LogP contribution in [0.25, 0.3) is 0 Å². The lowest BCUT2D eigenvalue weighted by atomic mass is 9.89. The number of aliphatic hydroxyl groups is 1. The molecule has 0 bridgehead atoms. The van der Waals surface area contributed by atoms with E-state index in [1.165, 1.54) is 5.56 Å². The smallest absolute Gasteiger partial charge is 0.127 e. The van der Waals surface area contributed by atoms with E-state index in [-0.39, 0.29) is 6.10 Å². The number of fused-ring (bicyclic) bond motifs is 1. The summed E-state index contributed by atoms with van der Waals surface area (Å²) in [5.74, 6) is 1.61. The van der Waals surface area contributed by atoms with Crippen LogP contribution in [0.15, 0.2) is 48.5 Å². The third-order valence-corrected chi connectivity index (χ3v) is 3.38. The van der Waals surface area contributed by atoms with Crippen LogP contribution in [0.4, 0.5) is 0 Å². The number of ether oxygens (including phenoxy) is 1. The molecule has 0 amide bonds. The SMILES string of the molecule is O[C@H]1CCCc2ccc(Oc3ccccc3)cc21. The van der Waals surface area contributed by atoms with Gasteiger partial charge in [-0.2, -0.15) is 0 Å². The minimum Gasteiger partial charge on any atom is -0.457 e. The zero-order chi connectivity index (χ0) is 12.4. The van der Waals surface area contributed by atoms with Crippen molar-refractivity contribution in [3.05, 3.63) is 59.7 Å². The summed E-state index contributed by atoms with van der Waals surface area (Å²) in [6.45, 7) is 0. The molecule has 0 saturated carbocycles. The van der Waals surface area contributed by atoms with Gasteiger partial charge in [-0.05, 0) is 54.7 Å². The molecule has 18 heavy (non-hydrogen) atoms. The maximum absolute atomic E-state index is 10.00. The highest BCUT2D eigenvalue weighted by Gasteiger charge is 2.18. The summed E-state index contributed by atoms with van der Waals surface area (Å²) in [6.07, 6.45) is 2.63. The lowest BCUT2D eigenvalue weighted by Gasteiger charge is -2.21. The summed E-state index contributed by atoms with van der Waals surface area (Å²) in [5.41, 5.74) is 2.27. The van der Waals surface area contributed by atoms with Crippen LogP contribution in [0.2, 0.25) is 0 Å². The molecule has 2 aromatic rings. The Balaban J connectivity index is 1.88. The highest BCUT2D eigenvalue weighted by molar-refractivity contribution is 5.40. The molecule has 0 heterocycles. The first kappa shape index (κ1) is 11.3. The monoisotopic (exact) mass is 240 g/mol. The highest BCUT2D eigenvalue weighted by atomic mass is 16.5. The standard InChI is InChI=1S/C16H16O2/c17-16-8-4-5-12-9-10-14(11-15(12)16)18-13-6-2-1-3-7-13/h1-3,6-7,9-11,16-17H,4-5,8H2/t16-/m0/s1. The first-order valence-electron chi connectivity index (χ1n) is 6.37. The minimum atomic E-state index is -0.340. The van der Waals surface area contributed by atoms with Crippen LogP contribution in [0.3, 0.4) is 0 Å². The van der Waals surface area contributed by atoms with E-state index in [2.05, 4.69) is 6.07 Å². The van der Waals surface area contributed by atoms with Crippen molar-refractivity contribution >= 4 is 0 Å². The molecule has 2 nitrogen and oxygen atoms in total. The fraction of sp³-hybridized carbons (Fsp3) is 0.250. The van der Waals surface area contributed by atoms with Gasteiger partial charge in [-0.3, -0.25) is 0 Å². The third kappa shape index (κ3) is 2.24. The summed E-state index contributed by atoms with van der Waals surface area (Å²) in [4.78, 5) is 0. The van der Waals surface area contributed by atoms with Gasteiger partial charge in [-0.25, -0.2) is 0 Å². The second-order valence-corrected chi connectivity index (χ2v) is 4.68. The van der Waals surface area contributed by atoms with Crippen molar-refractivity contribution in [1.29, 1.82) is 0 Å². The molecule has 0 spiro atoms. The molecular formula is C16H16O2. The van der Waals surface area contributed by atoms with Gasteiger partial charge in [0.1, 0.15) is 11.5 Å². The Labute approximate surface area is 107 Å². The van der Waals surface area contributed by atoms with Gasteiger partial charge in [0, 0.05) is 0 Å². The topological polar surface area (TPSA) is 29.5 Å². The van der Waals surface area contributed by atoms with E-state index < -0.39 is 0 Å². The van der Waals surface area contributed by atoms with Crippen molar-refractivity contribution < 1.29 is 9.84 Å². The van der Waals surface area contributed by atoms with Gasteiger partial charge in [0.25, 0.3) is 0 Å². The molecule has 1 atom stereocenters. The third-order valence-electron chi connectivity index (χ3n) is 3.38. The average Bonchev–Trinajstić information content (AvgIpc) is 2.41. The molecule has 1 aliphatic carbocycles. The molecule has 2 heteroatoms. The van der Waals surface area contributed by atoms with Crippen molar-refractivity contribution in [2.45, 2.75) is 25.4 Å². The summed E-state index contributed by atoms with van der Waals surface area (Å²) in [6, 6.07) is 15.7. The molecule has 0 unspecified atom stereocenters. The van der Waals surface area contributed by atoms with Gasteiger partial charge in [0.05, 0.1) is 6.10 Å². The van der Waals surface area contributed by atoms with Gasteiger partial charge in [0.15, 0.2) is 0 Å². The second-order valence-electron chi connectivity index (χ2n) is 4.68. The Morgan fingerprint density at radius 3 is 2.67 bits per heavy atom. The predicted molar refractivity (Wildman–Crippen MR) is 70.9 cm³/mol. The first-order chi connectivity index (χ1) is 8.83. The lowest BCUT2D eigenvalue weighted by Crippen LogP contribution is -2.08. The van der Waals surface area contributed by atoms with Gasteiger partial charge in [0.2, 0.25) is 0 Å². The number of hydrogen-bond acceptors (Lipinski definition) is 2. The van der Waals surface area contributed by atoms with Gasteiger partial charge >= 0.3 is 0 Å². The largest absolute Gasteiger partial charge is 0.457 e. The molecule has 92 valence electrons. The molecule has 1 aliphatic rings. The van der Waals surface area contributed by atoms with E-state index in [0.29, 0.717) is 0 Å². The molecule has 3 rings (SSSR count). The molecule has 2 aromatic carbocycles. The number of aryl methyl sites for hydroxylation is 1. The Morgan fingerprint density at radius 2 is 1.83 bits per heavy atom. The molecule has 0 aromatic heterocycles. The van der Waals surface area contributed by atoms with E-state index in [9.17, 15) is 5.11 Å². The van der Waals surface area contributed by atoms with E-state index in [0.717, 1.165) is 36.3 Å². The van der Waals surface area contributed by atoms with Crippen molar-refractivity contribution in [3.8, 4) is 11.5 Å². The normalized spacial score (nSPS) is 18.2. The summed E-state index contributed by atoms with van der Waals surface area (Å²) in [7, 11) is 0. The van der Waals surface area contributed by atoms with E-state index in [1.54, 1.807) is 0 Å². The zero-order valence-corrected chi connectivity index (χ0v) is 10.2. The van der Waals surface area contributed by atoms with Crippen molar-refractivity contribution in [3.63, 3.8) is 0 Å². The van der Waals surface area contributed by atoms with Gasteiger partial charge in [-0.15, -0.1) is 0 Å². The number of para-hydroxylation sites is 1. The number of benzene rings is 2. The van der Waals surface area contributed by atoms with Gasteiger partial charge < -0.3 is 9.84 Å². The molecule has 1 N–H and O–H groups in total. The van der Waals surface area contributed by atoms with Crippen LogP contribution in [-0.2, 0) is 6.42 Å². The van der Waals surface area contributed by atoms with Crippen LogP contribution >= 0.6 is 0 Å². The first-order valence-corrected chi connectivity index (χ1v) is 6.37. The Hall–Kier alpha value is -1.80. The van der Waals surface area contributed by atoms with Crippen LogP contribution < -0.4 is 4.74 Å². The fourth-order valence-corrected chi connectivity index (χ4v) is 2.44. The molecule has 0 radical (unpaired) electrons. The molecule has 0 aliphatic heterocycles. The molecular weight excluding hydrogens is 224 g/mol. The summed E-state index contributed by atoms with van der Waals surface area (Å²) < 4.78 is 5.78. The van der Waals surface area contributed by atoms with Crippen LogP contribution in [0.1, 0.15) is 30.1 Å². The maximum atomic E-state index is 10.00. The minimum absolute atomic E-state index is 0.340. The Bertz CT molecular complexity index is 534. The van der Waals surface area contributed by atoms with Crippen molar-refractivity contribution in [1.82, 2.24) is 0 Å². The van der Waals surface area contributed by atoms with E-state index in [1.807, 2.05) is 42.5 Å².